The van der Waals surface area contributed by atoms with E-state index in [1.807, 2.05) is 59.9 Å². The van der Waals surface area contributed by atoms with E-state index >= 15 is 0 Å². The number of thioether (sulfide) groups is 2. The maximum Gasteiger partial charge on any atom is 0.203 e. The lowest BCUT2D eigenvalue weighted by Crippen LogP contribution is -2.31. The average molecular weight is 695 g/mol. The lowest BCUT2D eigenvalue weighted by Gasteiger charge is -2.24. The van der Waals surface area contributed by atoms with Crippen LogP contribution in [0, 0.1) is 0 Å². The second-order valence-electron chi connectivity index (χ2n) is 11.3. The molecule has 0 unspecified atom stereocenters. The summed E-state index contributed by atoms with van der Waals surface area (Å²) in [6, 6.07) is 39.3. The highest BCUT2D eigenvalue weighted by Crippen LogP contribution is 2.43. The van der Waals surface area contributed by atoms with Crippen molar-refractivity contribution in [2.45, 2.75) is 28.5 Å². The molecule has 0 spiro atoms. The quantitative estimate of drug-likeness (QED) is 0.0521. The van der Waals surface area contributed by atoms with Gasteiger partial charge in [0.2, 0.25) is 5.36 Å². The molecule has 1 aliphatic heterocycles. The van der Waals surface area contributed by atoms with Gasteiger partial charge < -0.3 is 13.9 Å². The predicted octanol–water partition coefficient (Wildman–Crippen LogP) is 8.31. The van der Waals surface area contributed by atoms with Crippen LogP contribution in [-0.2, 0) is 10.1 Å². The van der Waals surface area contributed by atoms with Crippen molar-refractivity contribution in [3.8, 4) is 22.5 Å². The summed E-state index contributed by atoms with van der Waals surface area (Å²) in [4.78, 5) is 4.54. The van der Waals surface area contributed by atoms with Crippen molar-refractivity contribution in [3.63, 3.8) is 0 Å². The van der Waals surface area contributed by atoms with Crippen molar-refractivity contribution >= 4 is 50.3 Å². The molecule has 4 aromatic carbocycles. The minimum atomic E-state index is -4.74. The van der Waals surface area contributed by atoms with Gasteiger partial charge in [0, 0.05) is 68.5 Å². The zero-order chi connectivity index (χ0) is 33.5. The van der Waals surface area contributed by atoms with Crippen molar-refractivity contribution in [1.29, 1.82) is 0 Å². The normalized spacial score (nSPS) is 12.4. The van der Waals surface area contributed by atoms with Crippen molar-refractivity contribution in [3.05, 3.63) is 127 Å². The highest BCUT2D eigenvalue weighted by atomic mass is 32.2. The van der Waals surface area contributed by atoms with E-state index in [4.69, 9.17) is 4.42 Å². The molecule has 9 heteroatoms. The monoisotopic (exact) mass is 694 g/mol. The zero-order valence-corrected chi connectivity index (χ0v) is 29.5. The fourth-order valence-electron chi connectivity index (χ4n) is 5.96. The van der Waals surface area contributed by atoms with Crippen molar-refractivity contribution < 1.29 is 17.4 Å². The van der Waals surface area contributed by atoms with Crippen LogP contribution in [0.4, 0.5) is 5.69 Å². The molecule has 48 heavy (non-hydrogen) atoms. The minimum Gasteiger partial charge on any atom is -0.744 e. The summed E-state index contributed by atoms with van der Waals surface area (Å²) in [5, 5.41) is 1.76. The third-order valence-electron chi connectivity index (χ3n) is 8.35. The molecule has 0 bridgehead atoms. The Morgan fingerprint density at radius 1 is 0.750 bits per heavy atom. The standard InChI is InChI=1S/C39H38N2O4S3/c1-3-40(23-25-46-31-13-7-5-8-14-31)29-19-21-33-36(27-29)45-37-28-30(41(4-2)24-26-47-32-15-9-6-10-16-32)20-22-34(37)39(33)35-17-11-12-18-38(35)48(42,43)44/h5-22,27-28H,3-4,23-26H2,1-2H3. The highest BCUT2D eigenvalue weighted by Gasteiger charge is 2.22. The van der Waals surface area contributed by atoms with E-state index in [0.717, 1.165) is 59.7 Å². The Morgan fingerprint density at radius 3 is 2.08 bits per heavy atom. The van der Waals surface area contributed by atoms with Crippen LogP contribution in [0.15, 0.2) is 140 Å². The van der Waals surface area contributed by atoms with Crippen LogP contribution in [0.25, 0.3) is 33.4 Å². The molecule has 0 amide bonds. The van der Waals surface area contributed by atoms with E-state index in [1.165, 1.54) is 15.9 Å². The smallest absolute Gasteiger partial charge is 0.203 e. The highest BCUT2D eigenvalue weighted by molar-refractivity contribution is 7.99. The van der Waals surface area contributed by atoms with Gasteiger partial charge in [-0.1, -0.05) is 54.6 Å². The van der Waals surface area contributed by atoms with Gasteiger partial charge in [-0.05, 0) is 62.4 Å². The summed E-state index contributed by atoms with van der Waals surface area (Å²) in [6.07, 6.45) is 0. The third kappa shape index (κ3) is 7.81. The number of anilines is 1. The summed E-state index contributed by atoms with van der Waals surface area (Å²) in [6.45, 7) is 7.59. The Balaban J connectivity index is 1.44. The molecule has 6 rings (SSSR count). The number of hydrogen-bond acceptors (Lipinski definition) is 7. The molecule has 0 N–H and O–H groups in total. The van der Waals surface area contributed by atoms with Gasteiger partial charge in [0.05, 0.1) is 16.7 Å². The third-order valence-corrected chi connectivity index (χ3v) is 11.2. The fraction of sp³-hybridized carbons (Fsp3) is 0.205. The molecule has 1 aliphatic carbocycles. The summed E-state index contributed by atoms with van der Waals surface area (Å²) >= 11 is 3.64. The molecule has 0 fully saturated rings. The lowest BCUT2D eigenvalue weighted by molar-refractivity contribution is 0.463. The maximum atomic E-state index is 12.5. The van der Waals surface area contributed by atoms with Gasteiger partial charge in [-0.2, -0.15) is 0 Å². The fourth-order valence-corrected chi connectivity index (χ4v) is 8.44. The van der Waals surface area contributed by atoms with Gasteiger partial charge >= 0.3 is 0 Å². The van der Waals surface area contributed by atoms with Crippen LogP contribution in [0.1, 0.15) is 13.8 Å². The van der Waals surface area contributed by atoms with Gasteiger partial charge in [0.15, 0.2) is 6.54 Å². The number of benzene rings is 5. The largest absolute Gasteiger partial charge is 0.744 e. The Bertz CT molecular complexity index is 2150. The molecule has 0 atom stereocenters. The molecular weight excluding hydrogens is 657 g/mol. The molecule has 4 aromatic rings. The van der Waals surface area contributed by atoms with E-state index in [1.54, 1.807) is 18.2 Å². The molecule has 2 aliphatic rings. The van der Waals surface area contributed by atoms with Crippen molar-refractivity contribution in [1.82, 2.24) is 4.58 Å². The van der Waals surface area contributed by atoms with E-state index in [9.17, 15) is 13.0 Å². The number of rotatable bonds is 13. The van der Waals surface area contributed by atoms with Gasteiger partial charge in [0.25, 0.3) is 0 Å². The van der Waals surface area contributed by atoms with Crippen LogP contribution in [0.2, 0.25) is 0 Å². The van der Waals surface area contributed by atoms with E-state index < -0.39 is 10.1 Å². The second-order valence-corrected chi connectivity index (χ2v) is 15.0. The van der Waals surface area contributed by atoms with E-state index in [0.29, 0.717) is 22.5 Å². The SMILES string of the molecule is CCN(CCSc1ccccc1)c1ccc2c(-c3ccccc3S(=O)(=O)[O-])c3ccc(=[N+](CC)CCSc4ccccc4)cc-3oc2c1. The van der Waals surface area contributed by atoms with Gasteiger partial charge in [-0.3, -0.25) is 0 Å². The summed E-state index contributed by atoms with van der Waals surface area (Å²) in [5.41, 5.74) is 3.43. The van der Waals surface area contributed by atoms with E-state index in [2.05, 4.69) is 84.0 Å². The number of fused-ring (bicyclic) bond motifs is 2. The van der Waals surface area contributed by atoms with Gasteiger partial charge in [0.1, 0.15) is 28.0 Å². The number of nitrogens with zero attached hydrogens (tertiary/aromatic N) is 2. The van der Waals surface area contributed by atoms with Crippen LogP contribution in [0.3, 0.4) is 0 Å². The molecular formula is C39H38N2O4S3. The second kappa shape index (κ2) is 15.5. The van der Waals surface area contributed by atoms with Crippen LogP contribution in [0.5, 0.6) is 0 Å². The molecule has 0 saturated carbocycles. The Kier molecular flexibility index (Phi) is 10.9. The Hall–Kier alpha value is -4.02. The molecule has 0 saturated heterocycles. The topological polar surface area (TPSA) is 76.6 Å². The van der Waals surface area contributed by atoms with Crippen LogP contribution >= 0.6 is 23.5 Å². The molecule has 246 valence electrons. The molecule has 6 nitrogen and oxygen atoms in total. The average Bonchev–Trinajstić information content (AvgIpc) is 3.11. The minimum absolute atomic E-state index is 0.242. The Morgan fingerprint density at radius 2 is 1.42 bits per heavy atom. The first kappa shape index (κ1) is 33.9. The summed E-state index contributed by atoms with van der Waals surface area (Å²) in [7, 11) is -4.74. The van der Waals surface area contributed by atoms with Crippen LogP contribution in [-0.4, -0.2) is 50.7 Å². The van der Waals surface area contributed by atoms with Crippen molar-refractivity contribution in [2.75, 3.05) is 42.6 Å². The van der Waals surface area contributed by atoms with Crippen LogP contribution < -0.4 is 14.8 Å². The predicted molar refractivity (Wildman–Crippen MR) is 199 cm³/mol. The molecule has 1 heterocycles. The first-order valence-electron chi connectivity index (χ1n) is 16.1. The summed E-state index contributed by atoms with van der Waals surface area (Å²) < 4.78 is 46.4. The van der Waals surface area contributed by atoms with E-state index in [-0.39, 0.29) is 4.90 Å². The molecule has 0 radical (unpaired) electrons. The first-order valence-corrected chi connectivity index (χ1v) is 19.5. The zero-order valence-electron chi connectivity index (χ0n) is 27.0. The first-order chi connectivity index (χ1) is 23.4. The lowest BCUT2D eigenvalue weighted by atomic mass is 9.93. The van der Waals surface area contributed by atoms with Gasteiger partial charge in [-0.15, -0.1) is 23.5 Å². The maximum absolute atomic E-state index is 12.5. The number of hydrogen-bond donors (Lipinski definition) is 0. The Labute approximate surface area is 291 Å². The van der Waals surface area contributed by atoms with Gasteiger partial charge in [-0.25, -0.2) is 13.0 Å². The molecule has 0 aromatic heterocycles. The summed E-state index contributed by atoms with van der Waals surface area (Å²) in [5.74, 6) is 2.47. The van der Waals surface area contributed by atoms with Crippen molar-refractivity contribution in [2.24, 2.45) is 0 Å².